The molecule has 0 amide bonds. The van der Waals surface area contributed by atoms with E-state index in [-0.39, 0.29) is 20.1 Å². The molecule has 0 N–H and O–H groups in total. The normalized spacial score (nSPS) is 15.7. The molecule has 0 unspecified atom stereocenters. The molecule has 1 aromatic carbocycles. The van der Waals surface area contributed by atoms with Gasteiger partial charge in [0.15, 0.2) is 0 Å². The molecule has 3 aromatic rings. The summed E-state index contributed by atoms with van der Waals surface area (Å²) < 4.78 is 5.79. The molecule has 0 aliphatic heterocycles. The maximum atomic E-state index is 4.44. The monoisotopic (exact) mass is 346 g/mol. The molecule has 0 spiro atoms. The molecule has 2 aromatic heterocycles. The molecule has 4 rings (SSSR count). The van der Waals surface area contributed by atoms with Crippen molar-refractivity contribution in [1.82, 2.24) is 9.19 Å². The first-order valence-electron chi connectivity index (χ1n) is 6.66. The molecular formula is C16H14N2SSe. The third-order valence-electron chi connectivity index (χ3n) is 3.83. The Hall–Kier alpha value is -1.22. The zero-order valence-corrected chi connectivity index (χ0v) is 13.9. The third kappa shape index (κ3) is 1.83. The van der Waals surface area contributed by atoms with Gasteiger partial charge >= 0.3 is 128 Å². The fraction of sp³-hybridized carbons (Fsp3) is 0.250. The van der Waals surface area contributed by atoms with Crippen LogP contribution in [0, 0.1) is 0 Å². The number of rotatable bonds is 1. The first-order chi connectivity index (χ1) is 9.65. The van der Waals surface area contributed by atoms with Gasteiger partial charge in [-0.3, -0.25) is 0 Å². The average molecular weight is 345 g/mol. The van der Waals surface area contributed by atoms with Crippen LogP contribution in [-0.4, -0.2) is 23.9 Å². The SMILES string of the molecule is CC1(C)Cc2sc(-c3ccccc3)cc2-c2nn[se]c21. The summed E-state index contributed by atoms with van der Waals surface area (Å²) in [7, 11) is 0. The van der Waals surface area contributed by atoms with Gasteiger partial charge in [0.2, 0.25) is 0 Å². The van der Waals surface area contributed by atoms with Crippen LogP contribution in [0.2, 0.25) is 0 Å². The molecule has 0 radical (unpaired) electrons. The van der Waals surface area contributed by atoms with Gasteiger partial charge in [-0.2, -0.15) is 0 Å². The van der Waals surface area contributed by atoms with Crippen molar-refractivity contribution in [3.05, 3.63) is 45.7 Å². The number of nitrogens with zero attached hydrogens (tertiary/aromatic N) is 2. The van der Waals surface area contributed by atoms with Gasteiger partial charge < -0.3 is 0 Å². The van der Waals surface area contributed by atoms with Crippen molar-refractivity contribution in [3.8, 4) is 21.7 Å². The van der Waals surface area contributed by atoms with E-state index in [1.54, 1.807) is 0 Å². The number of benzene rings is 1. The zero-order chi connectivity index (χ0) is 13.7. The third-order valence-corrected chi connectivity index (χ3v) is 7.30. The molecule has 1 aliphatic carbocycles. The second-order valence-electron chi connectivity index (χ2n) is 5.82. The summed E-state index contributed by atoms with van der Waals surface area (Å²) in [5, 5.41) is 4.44. The second-order valence-corrected chi connectivity index (χ2v) is 8.54. The average Bonchev–Trinajstić information content (AvgIpc) is 3.05. The van der Waals surface area contributed by atoms with Gasteiger partial charge in [-0.15, -0.1) is 0 Å². The molecule has 1 aliphatic rings. The van der Waals surface area contributed by atoms with Crippen LogP contribution in [0.1, 0.15) is 23.2 Å². The van der Waals surface area contributed by atoms with Crippen molar-refractivity contribution in [2.75, 3.05) is 0 Å². The Bertz CT molecular complexity index is 771. The molecule has 4 heteroatoms. The van der Waals surface area contributed by atoms with E-state index in [2.05, 4.69) is 59.4 Å². The fourth-order valence-corrected chi connectivity index (χ4v) is 5.79. The Morgan fingerprint density at radius 3 is 2.80 bits per heavy atom. The Morgan fingerprint density at radius 1 is 1.20 bits per heavy atom. The standard InChI is InChI=1S/C16H14N2SSe/c1-16(2)9-13-11(14-15(16)20-18-17-14)8-12(19-13)10-6-4-3-5-7-10/h3-8H,9H2,1-2H3. The van der Waals surface area contributed by atoms with E-state index in [9.17, 15) is 0 Å². The number of hydrogen-bond donors (Lipinski definition) is 0. The molecule has 0 fully saturated rings. The molecule has 0 atom stereocenters. The minimum atomic E-state index is 0.200. The predicted octanol–water partition coefficient (Wildman–Crippen LogP) is 3.76. The van der Waals surface area contributed by atoms with Crippen LogP contribution in [-0.2, 0) is 11.8 Å². The van der Waals surface area contributed by atoms with Crippen LogP contribution >= 0.6 is 11.3 Å². The topological polar surface area (TPSA) is 25.8 Å². The first-order valence-corrected chi connectivity index (χ1v) is 9.10. The summed E-state index contributed by atoms with van der Waals surface area (Å²) in [5.41, 5.74) is 4.00. The van der Waals surface area contributed by atoms with Gasteiger partial charge in [0.1, 0.15) is 0 Å². The Kier molecular flexibility index (Phi) is 2.75. The molecular weight excluding hydrogens is 331 g/mol. The molecule has 2 nitrogen and oxygen atoms in total. The van der Waals surface area contributed by atoms with Crippen LogP contribution in [0.5, 0.6) is 0 Å². The van der Waals surface area contributed by atoms with Gasteiger partial charge in [0.05, 0.1) is 0 Å². The molecule has 0 bridgehead atoms. The van der Waals surface area contributed by atoms with Gasteiger partial charge in [0, 0.05) is 0 Å². The maximum absolute atomic E-state index is 4.44. The van der Waals surface area contributed by atoms with Gasteiger partial charge in [-0.05, 0) is 0 Å². The van der Waals surface area contributed by atoms with Gasteiger partial charge in [-0.1, -0.05) is 0 Å². The van der Waals surface area contributed by atoms with Crippen LogP contribution in [0.3, 0.4) is 0 Å². The van der Waals surface area contributed by atoms with E-state index < -0.39 is 0 Å². The quantitative estimate of drug-likeness (QED) is 0.628. The van der Waals surface area contributed by atoms with Crippen LogP contribution < -0.4 is 0 Å². The van der Waals surface area contributed by atoms with E-state index in [0.29, 0.717) is 0 Å². The van der Waals surface area contributed by atoms with Crippen molar-refractivity contribution in [2.45, 2.75) is 25.7 Å². The van der Waals surface area contributed by atoms with Crippen molar-refractivity contribution < 1.29 is 0 Å². The second kappa shape index (κ2) is 4.39. The molecule has 20 heavy (non-hydrogen) atoms. The van der Waals surface area contributed by atoms with Crippen molar-refractivity contribution in [2.24, 2.45) is 0 Å². The molecule has 2 heterocycles. The number of thiophene rings is 1. The van der Waals surface area contributed by atoms with Gasteiger partial charge in [0.25, 0.3) is 0 Å². The van der Waals surface area contributed by atoms with E-state index >= 15 is 0 Å². The summed E-state index contributed by atoms with van der Waals surface area (Å²) in [6, 6.07) is 12.9. The summed E-state index contributed by atoms with van der Waals surface area (Å²) >= 11 is 2.11. The minimum absolute atomic E-state index is 0.200. The van der Waals surface area contributed by atoms with E-state index in [1.807, 2.05) is 11.3 Å². The molecule has 100 valence electrons. The van der Waals surface area contributed by atoms with Crippen molar-refractivity contribution in [1.29, 1.82) is 0 Å². The number of hydrogen-bond acceptors (Lipinski definition) is 3. The van der Waals surface area contributed by atoms with E-state index in [0.717, 1.165) is 12.1 Å². The summed E-state index contributed by atoms with van der Waals surface area (Å²) in [6.45, 7) is 4.65. The molecule has 0 saturated heterocycles. The van der Waals surface area contributed by atoms with E-state index in [1.165, 1.54) is 25.3 Å². The van der Waals surface area contributed by atoms with Crippen LogP contribution in [0.4, 0.5) is 0 Å². The van der Waals surface area contributed by atoms with Gasteiger partial charge in [-0.25, -0.2) is 0 Å². The zero-order valence-electron chi connectivity index (χ0n) is 11.4. The van der Waals surface area contributed by atoms with E-state index in [4.69, 9.17) is 0 Å². The van der Waals surface area contributed by atoms with Crippen molar-refractivity contribution in [3.63, 3.8) is 0 Å². The number of aromatic nitrogens is 2. The number of fused-ring (bicyclic) bond motifs is 3. The summed E-state index contributed by atoms with van der Waals surface area (Å²) in [6.07, 6.45) is 1.12. The Morgan fingerprint density at radius 2 is 2.00 bits per heavy atom. The summed E-state index contributed by atoms with van der Waals surface area (Å²) in [4.78, 5) is 2.80. The van der Waals surface area contributed by atoms with Crippen LogP contribution in [0.25, 0.3) is 21.7 Å². The van der Waals surface area contributed by atoms with Crippen LogP contribution in [0.15, 0.2) is 36.4 Å². The predicted molar refractivity (Wildman–Crippen MR) is 84.5 cm³/mol. The summed E-state index contributed by atoms with van der Waals surface area (Å²) in [5.74, 6) is 0. The fourth-order valence-electron chi connectivity index (χ4n) is 2.80. The molecule has 0 saturated carbocycles. The Labute approximate surface area is 128 Å². The first kappa shape index (κ1) is 12.5. The Balaban J connectivity index is 1.90. The van der Waals surface area contributed by atoms with Crippen molar-refractivity contribution >= 4 is 26.1 Å².